The molecule has 2 unspecified atom stereocenters. The smallest absolute Gasteiger partial charge is 0.323 e. The van der Waals surface area contributed by atoms with Crippen molar-refractivity contribution >= 4 is 23.6 Å². The maximum Gasteiger partial charge on any atom is 0.323 e. The van der Waals surface area contributed by atoms with Crippen LogP contribution in [0.2, 0.25) is 0 Å². The summed E-state index contributed by atoms with van der Waals surface area (Å²) in [7, 11) is 0. The Morgan fingerprint density at radius 2 is 2.07 bits per heavy atom. The first-order valence-electron chi connectivity index (χ1n) is 4.32. The lowest BCUT2D eigenvalue weighted by atomic mass is 10.4. The van der Waals surface area contributed by atoms with Crippen molar-refractivity contribution in [3.8, 4) is 0 Å². The summed E-state index contributed by atoms with van der Waals surface area (Å²) in [4.78, 5) is 21.7. The highest BCUT2D eigenvalue weighted by Crippen LogP contribution is 2.10. The Balaban J connectivity index is 3.78. The zero-order valence-electron chi connectivity index (χ0n) is 8.36. The summed E-state index contributed by atoms with van der Waals surface area (Å²) in [6, 6.07) is -0.693. The van der Waals surface area contributed by atoms with Crippen LogP contribution in [0.25, 0.3) is 0 Å². The predicted molar refractivity (Wildman–Crippen MR) is 55.7 cm³/mol. The molecule has 0 aromatic carbocycles. The van der Waals surface area contributed by atoms with Gasteiger partial charge in [-0.05, 0) is 13.8 Å². The van der Waals surface area contributed by atoms with E-state index in [4.69, 9.17) is 16.2 Å². The number of ether oxygens (including phenoxy) is 1. The summed E-state index contributed by atoms with van der Waals surface area (Å²) < 4.78 is 4.70. The van der Waals surface area contributed by atoms with Crippen LogP contribution in [-0.2, 0) is 14.3 Å². The minimum absolute atomic E-state index is 0.308. The molecular formula is C8H16N2O3S. The predicted octanol–water partition coefficient (Wildman–Crippen LogP) is -0.516. The molecule has 0 saturated carbocycles. The monoisotopic (exact) mass is 220 g/mol. The van der Waals surface area contributed by atoms with Crippen LogP contribution in [0.5, 0.6) is 0 Å². The van der Waals surface area contributed by atoms with Crippen molar-refractivity contribution in [1.82, 2.24) is 0 Å². The number of hydrogen-bond acceptors (Lipinski definition) is 5. The largest absolute Gasteiger partial charge is 0.465 e. The van der Waals surface area contributed by atoms with Crippen LogP contribution in [0.15, 0.2) is 0 Å². The van der Waals surface area contributed by atoms with Gasteiger partial charge in [-0.3, -0.25) is 9.59 Å². The Labute approximate surface area is 87.5 Å². The summed E-state index contributed by atoms with van der Waals surface area (Å²) in [5.41, 5.74) is 10.5. The van der Waals surface area contributed by atoms with Gasteiger partial charge < -0.3 is 16.2 Å². The number of primary amides is 1. The molecule has 0 spiro atoms. The van der Waals surface area contributed by atoms with Gasteiger partial charge in [0.1, 0.15) is 6.04 Å². The van der Waals surface area contributed by atoms with Gasteiger partial charge in [0.05, 0.1) is 11.9 Å². The number of rotatable bonds is 6. The average Bonchev–Trinajstić information content (AvgIpc) is 2.13. The summed E-state index contributed by atoms with van der Waals surface area (Å²) in [5.74, 6) is -0.522. The SMILES string of the molecule is CCOC(=O)C(N)CSC(C)C(N)=O. The van der Waals surface area contributed by atoms with E-state index in [-0.39, 0.29) is 5.25 Å². The Kier molecular flexibility index (Phi) is 6.31. The van der Waals surface area contributed by atoms with Crippen molar-refractivity contribution in [2.45, 2.75) is 25.1 Å². The maximum absolute atomic E-state index is 11.0. The second-order valence-electron chi connectivity index (χ2n) is 2.74. The molecule has 0 heterocycles. The molecule has 0 aromatic rings. The topological polar surface area (TPSA) is 95.4 Å². The summed E-state index contributed by atoms with van der Waals surface area (Å²) in [5, 5.41) is -0.338. The molecular weight excluding hydrogens is 204 g/mol. The van der Waals surface area contributed by atoms with Crippen molar-refractivity contribution in [2.24, 2.45) is 11.5 Å². The molecule has 0 aliphatic carbocycles. The molecule has 0 bridgehead atoms. The molecule has 14 heavy (non-hydrogen) atoms. The fourth-order valence-corrected chi connectivity index (χ4v) is 1.44. The molecule has 1 amide bonds. The third-order valence-electron chi connectivity index (χ3n) is 1.52. The minimum atomic E-state index is -0.693. The van der Waals surface area contributed by atoms with Crippen molar-refractivity contribution in [3.05, 3.63) is 0 Å². The highest BCUT2D eigenvalue weighted by Gasteiger charge is 2.17. The molecule has 82 valence electrons. The number of nitrogens with two attached hydrogens (primary N) is 2. The minimum Gasteiger partial charge on any atom is -0.465 e. The number of amides is 1. The van der Waals surface area contributed by atoms with Crippen LogP contribution in [-0.4, -0.2) is 35.5 Å². The fourth-order valence-electron chi connectivity index (χ4n) is 0.647. The number of carbonyl (C=O) groups is 2. The van der Waals surface area contributed by atoms with E-state index >= 15 is 0 Å². The Morgan fingerprint density at radius 1 is 1.50 bits per heavy atom. The van der Waals surface area contributed by atoms with Crippen LogP contribution in [0.3, 0.4) is 0 Å². The van der Waals surface area contributed by atoms with Gasteiger partial charge in [0, 0.05) is 5.75 Å². The molecule has 4 N–H and O–H groups in total. The molecule has 0 aliphatic heterocycles. The van der Waals surface area contributed by atoms with Crippen LogP contribution in [0.1, 0.15) is 13.8 Å². The highest BCUT2D eigenvalue weighted by atomic mass is 32.2. The molecule has 0 rings (SSSR count). The lowest BCUT2D eigenvalue weighted by Crippen LogP contribution is -2.36. The quantitative estimate of drug-likeness (QED) is 0.587. The molecule has 6 heteroatoms. The van der Waals surface area contributed by atoms with Crippen LogP contribution >= 0.6 is 11.8 Å². The van der Waals surface area contributed by atoms with E-state index in [1.165, 1.54) is 11.8 Å². The third kappa shape index (κ3) is 5.08. The summed E-state index contributed by atoms with van der Waals surface area (Å²) >= 11 is 1.25. The van der Waals surface area contributed by atoms with E-state index < -0.39 is 17.9 Å². The number of thioether (sulfide) groups is 1. The van der Waals surface area contributed by atoms with Crippen LogP contribution in [0.4, 0.5) is 0 Å². The molecule has 2 atom stereocenters. The Bertz CT molecular complexity index is 211. The first-order valence-corrected chi connectivity index (χ1v) is 5.37. The van der Waals surface area contributed by atoms with E-state index in [0.717, 1.165) is 0 Å². The van der Waals surface area contributed by atoms with Crippen molar-refractivity contribution in [1.29, 1.82) is 0 Å². The molecule has 0 aromatic heterocycles. The van der Waals surface area contributed by atoms with Gasteiger partial charge in [0.2, 0.25) is 5.91 Å². The molecule has 0 fully saturated rings. The third-order valence-corrected chi connectivity index (χ3v) is 2.80. The molecule has 5 nitrogen and oxygen atoms in total. The number of carbonyl (C=O) groups excluding carboxylic acids is 2. The fraction of sp³-hybridized carbons (Fsp3) is 0.750. The molecule has 0 radical (unpaired) electrons. The van der Waals surface area contributed by atoms with E-state index in [2.05, 4.69) is 0 Å². The van der Waals surface area contributed by atoms with E-state index in [0.29, 0.717) is 12.4 Å². The number of hydrogen-bond donors (Lipinski definition) is 2. The van der Waals surface area contributed by atoms with E-state index in [9.17, 15) is 9.59 Å². The number of esters is 1. The van der Waals surface area contributed by atoms with Gasteiger partial charge >= 0.3 is 5.97 Å². The van der Waals surface area contributed by atoms with Gasteiger partial charge in [0.25, 0.3) is 0 Å². The van der Waals surface area contributed by atoms with Crippen molar-refractivity contribution < 1.29 is 14.3 Å². The lowest BCUT2D eigenvalue weighted by Gasteiger charge is -2.12. The van der Waals surface area contributed by atoms with Crippen LogP contribution < -0.4 is 11.5 Å². The Hall–Kier alpha value is -0.750. The first kappa shape index (κ1) is 13.2. The average molecular weight is 220 g/mol. The highest BCUT2D eigenvalue weighted by molar-refractivity contribution is 8.00. The summed E-state index contributed by atoms with van der Waals surface area (Å²) in [6.45, 7) is 3.69. The van der Waals surface area contributed by atoms with Gasteiger partial charge in [-0.1, -0.05) is 0 Å². The molecule has 0 saturated heterocycles. The van der Waals surface area contributed by atoms with E-state index in [1.807, 2.05) is 0 Å². The Morgan fingerprint density at radius 3 is 2.50 bits per heavy atom. The zero-order valence-corrected chi connectivity index (χ0v) is 9.17. The van der Waals surface area contributed by atoms with Gasteiger partial charge in [-0.2, -0.15) is 0 Å². The maximum atomic E-state index is 11.0. The molecule has 0 aliphatic rings. The van der Waals surface area contributed by atoms with Gasteiger partial charge in [0.15, 0.2) is 0 Å². The van der Waals surface area contributed by atoms with Crippen molar-refractivity contribution in [3.63, 3.8) is 0 Å². The lowest BCUT2D eigenvalue weighted by molar-refractivity contribution is -0.144. The standard InChI is InChI=1S/C8H16N2O3S/c1-3-13-8(12)6(9)4-14-5(2)7(10)11/h5-6H,3-4,9H2,1-2H3,(H2,10,11). The van der Waals surface area contributed by atoms with E-state index in [1.54, 1.807) is 13.8 Å². The van der Waals surface area contributed by atoms with Crippen LogP contribution in [0, 0.1) is 0 Å². The second kappa shape index (κ2) is 6.67. The van der Waals surface area contributed by atoms with Gasteiger partial charge in [-0.25, -0.2) is 0 Å². The second-order valence-corrected chi connectivity index (χ2v) is 4.11. The van der Waals surface area contributed by atoms with Gasteiger partial charge in [-0.15, -0.1) is 11.8 Å². The first-order chi connectivity index (χ1) is 6.49. The summed E-state index contributed by atoms with van der Waals surface area (Å²) in [6.07, 6.45) is 0. The normalized spacial score (nSPS) is 14.5. The zero-order chi connectivity index (χ0) is 11.1. The van der Waals surface area contributed by atoms with Crippen molar-refractivity contribution in [2.75, 3.05) is 12.4 Å².